The smallest absolute Gasteiger partial charge is 0.293 e. The average Bonchev–Trinajstić information content (AvgIpc) is 3.61. The van der Waals surface area contributed by atoms with Gasteiger partial charge in [-0.2, -0.15) is 0 Å². The zero-order valence-corrected chi connectivity index (χ0v) is 22.4. The first kappa shape index (κ1) is 24.7. The molecule has 1 aliphatic carbocycles. The lowest BCUT2D eigenvalue weighted by atomic mass is 9.83. The Morgan fingerprint density at radius 3 is 2.58 bits per heavy atom. The van der Waals surface area contributed by atoms with E-state index < -0.39 is 6.04 Å². The van der Waals surface area contributed by atoms with Gasteiger partial charge < -0.3 is 4.90 Å². The number of aryl methyl sites for hydroxylation is 1. The number of nitro groups is 1. The normalized spacial score (nSPS) is 18.3. The summed E-state index contributed by atoms with van der Waals surface area (Å²) in [6.45, 7) is 1.60. The molecule has 1 unspecified atom stereocenters. The number of thiazole rings is 1. The van der Waals surface area contributed by atoms with E-state index in [4.69, 9.17) is 4.99 Å². The molecule has 1 fully saturated rings. The van der Waals surface area contributed by atoms with E-state index in [9.17, 15) is 19.3 Å². The lowest BCUT2D eigenvalue weighted by Crippen LogP contribution is -2.38. The number of anilines is 1. The number of nitrogens with zero attached hydrogens (tertiary/aromatic N) is 4. The molecule has 7 nitrogen and oxygen atoms in total. The van der Waals surface area contributed by atoms with E-state index in [1.54, 1.807) is 34.9 Å². The van der Waals surface area contributed by atoms with Crippen molar-refractivity contribution in [2.45, 2.75) is 31.7 Å². The largest absolute Gasteiger partial charge is 0.366 e. The molecule has 1 aromatic heterocycles. The molecule has 1 saturated heterocycles. The Morgan fingerprint density at radius 2 is 1.80 bits per heavy atom. The molecule has 200 valence electrons. The van der Waals surface area contributed by atoms with Gasteiger partial charge in [-0.25, -0.2) is 9.38 Å². The van der Waals surface area contributed by atoms with Crippen LogP contribution in [0, 0.1) is 15.9 Å². The molecule has 0 spiro atoms. The summed E-state index contributed by atoms with van der Waals surface area (Å²) < 4.78 is 16.0. The second-order valence-electron chi connectivity index (χ2n) is 10.4. The summed E-state index contributed by atoms with van der Waals surface area (Å²) in [6.07, 6.45) is 5.32. The third kappa shape index (κ3) is 4.08. The number of hydrogen-bond donors (Lipinski definition) is 0. The van der Waals surface area contributed by atoms with Crippen molar-refractivity contribution in [1.82, 2.24) is 4.57 Å². The van der Waals surface area contributed by atoms with Crippen LogP contribution in [0.15, 0.2) is 82.1 Å². The second kappa shape index (κ2) is 9.67. The average molecular weight is 553 g/mol. The van der Waals surface area contributed by atoms with Crippen LogP contribution in [0.3, 0.4) is 0 Å². The van der Waals surface area contributed by atoms with E-state index in [0.29, 0.717) is 20.6 Å². The fraction of sp³-hybridized carbons (Fsp3) is 0.226. The fourth-order valence-corrected chi connectivity index (χ4v) is 7.12. The van der Waals surface area contributed by atoms with E-state index >= 15 is 0 Å². The first-order valence-corrected chi connectivity index (χ1v) is 14.2. The van der Waals surface area contributed by atoms with Crippen LogP contribution in [0.2, 0.25) is 0 Å². The van der Waals surface area contributed by atoms with Gasteiger partial charge in [-0.05, 0) is 72.2 Å². The van der Waals surface area contributed by atoms with Crippen LogP contribution in [0.25, 0.3) is 11.8 Å². The van der Waals surface area contributed by atoms with Crippen molar-refractivity contribution in [3.05, 3.63) is 130 Å². The maximum atomic E-state index is 13.9. The van der Waals surface area contributed by atoms with Crippen molar-refractivity contribution in [2.75, 3.05) is 18.0 Å². The van der Waals surface area contributed by atoms with Crippen molar-refractivity contribution in [1.29, 1.82) is 0 Å². The van der Waals surface area contributed by atoms with Gasteiger partial charge in [-0.15, -0.1) is 0 Å². The standard InChI is InChI=1S/C31H25FN4O3S/c32-22-11-8-21(9-12-22)29-24-13-10-20-5-1-2-6-23(20)28(24)33-31-35(29)30(37)27(40-31)18-19-7-14-25(26(17-19)36(38)39)34-15-3-4-16-34/h1-2,5-9,11-12,14,17-18,29H,3-4,10,13,15-16H2/b27-18-. The van der Waals surface area contributed by atoms with Gasteiger partial charge in [0.05, 0.1) is 21.2 Å². The van der Waals surface area contributed by atoms with Gasteiger partial charge in [-0.3, -0.25) is 19.5 Å². The highest BCUT2D eigenvalue weighted by molar-refractivity contribution is 7.07. The van der Waals surface area contributed by atoms with Crippen LogP contribution in [-0.2, 0) is 6.42 Å². The Hall–Kier alpha value is -4.37. The van der Waals surface area contributed by atoms with E-state index in [-0.39, 0.29) is 22.0 Å². The molecule has 0 radical (unpaired) electrons. The van der Waals surface area contributed by atoms with Gasteiger partial charge in [0.15, 0.2) is 4.80 Å². The number of benzene rings is 3. The maximum Gasteiger partial charge on any atom is 0.293 e. The van der Waals surface area contributed by atoms with Gasteiger partial charge in [0, 0.05) is 24.7 Å². The molecular formula is C31H25FN4O3S. The van der Waals surface area contributed by atoms with Gasteiger partial charge in [0.2, 0.25) is 0 Å². The van der Waals surface area contributed by atoms with Gasteiger partial charge in [0.1, 0.15) is 11.5 Å². The molecule has 3 heterocycles. The van der Waals surface area contributed by atoms with E-state index in [1.165, 1.54) is 29.0 Å². The summed E-state index contributed by atoms with van der Waals surface area (Å²) in [4.78, 5) is 33.1. The van der Waals surface area contributed by atoms with Crippen LogP contribution in [0.1, 0.15) is 47.6 Å². The minimum Gasteiger partial charge on any atom is -0.366 e. The Kier molecular flexibility index (Phi) is 5.96. The first-order valence-electron chi connectivity index (χ1n) is 13.4. The lowest BCUT2D eigenvalue weighted by Gasteiger charge is -2.30. The molecule has 9 heteroatoms. The molecule has 7 rings (SSSR count). The van der Waals surface area contributed by atoms with Crippen LogP contribution in [0.4, 0.5) is 15.8 Å². The molecule has 4 aromatic rings. The Labute approximate surface area is 233 Å². The molecule has 1 atom stereocenters. The molecule has 0 N–H and O–H groups in total. The van der Waals surface area contributed by atoms with E-state index in [1.807, 2.05) is 23.1 Å². The molecule has 2 aliphatic heterocycles. The van der Waals surface area contributed by atoms with Crippen molar-refractivity contribution >= 4 is 34.5 Å². The minimum atomic E-state index is -0.408. The van der Waals surface area contributed by atoms with Gasteiger partial charge in [-0.1, -0.05) is 53.8 Å². The number of nitro benzene ring substituents is 1. The molecule has 0 amide bonds. The first-order chi connectivity index (χ1) is 19.5. The summed E-state index contributed by atoms with van der Waals surface area (Å²) in [5.41, 5.74) is 6.03. The Balaban J connectivity index is 1.40. The lowest BCUT2D eigenvalue weighted by molar-refractivity contribution is -0.384. The second-order valence-corrected chi connectivity index (χ2v) is 11.4. The minimum absolute atomic E-state index is 0.0414. The highest BCUT2D eigenvalue weighted by Crippen LogP contribution is 2.41. The van der Waals surface area contributed by atoms with Crippen molar-refractivity contribution < 1.29 is 9.31 Å². The van der Waals surface area contributed by atoms with Gasteiger partial charge in [0.25, 0.3) is 11.2 Å². The van der Waals surface area contributed by atoms with E-state index in [0.717, 1.165) is 61.2 Å². The zero-order valence-electron chi connectivity index (χ0n) is 21.5. The predicted molar refractivity (Wildman–Crippen MR) is 154 cm³/mol. The summed E-state index contributed by atoms with van der Waals surface area (Å²) in [5.74, 6) is -0.335. The maximum absolute atomic E-state index is 13.9. The third-order valence-corrected chi connectivity index (χ3v) is 8.98. The highest BCUT2D eigenvalue weighted by Gasteiger charge is 2.32. The SMILES string of the molecule is O=c1/c(=C/c2ccc(N3CCCC3)c([N+](=O)[O-])c2)sc2n1C(c1ccc(F)cc1)C1=C(N=2)c2ccccc2CC1. The van der Waals surface area contributed by atoms with Crippen molar-refractivity contribution in [3.8, 4) is 0 Å². The van der Waals surface area contributed by atoms with Crippen LogP contribution in [0.5, 0.6) is 0 Å². The quantitative estimate of drug-likeness (QED) is 0.265. The molecular weight excluding hydrogens is 527 g/mol. The summed E-state index contributed by atoms with van der Waals surface area (Å²) >= 11 is 1.27. The van der Waals surface area contributed by atoms with Crippen LogP contribution in [-0.4, -0.2) is 22.6 Å². The van der Waals surface area contributed by atoms with Crippen molar-refractivity contribution in [2.24, 2.45) is 4.99 Å². The molecule has 3 aliphatic rings. The molecule has 3 aromatic carbocycles. The Morgan fingerprint density at radius 1 is 1.02 bits per heavy atom. The summed E-state index contributed by atoms with van der Waals surface area (Å²) in [5, 5.41) is 11.9. The number of fused-ring (bicyclic) bond motifs is 3. The Bertz CT molecular complexity index is 1880. The molecule has 40 heavy (non-hydrogen) atoms. The monoisotopic (exact) mass is 552 g/mol. The molecule has 0 bridgehead atoms. The van der Waals surface area contributed by atoms with Gasteiger partial charge >= 0.3 is 0 Å². The number of rotatable bonds is 4. The number of halogens is 1. The zero-order chi connectivity index (χ0) is 27.4. The number of allylic oxidation sites excluding steroid dienone is 1. The number of aromatic nitrogens is 1. The summed E-state index contributed by atoms with van der Waals surface area (Å²) in [7, 11) is 0. The number of hydrogen-bond acceptors (Lipinski definition) is 6. The van der Waals surface area contributed by atoms with Crippen LogP contribution < -0.4 is 19.8 Å². The van der Waals surface area contributed by atoms with Crippen molar-refractivity contribution in [3.63, 3.8) is 0 Å². The highest BCUT2D eigenvalue weighted by atomic mass is 32.1. The molecule has 0 saturated carbocycles. The van der Waals surface area contributed by atoms with E-state index in [2.05, 4.69) is 12.1 Å². The fourth-order valence-electron chi connectivity index (χ4n) is 6.12. The summed E-state index contributed by atoms with van der Waals surface area (Å²) in [6, 6.07) is 19.2. The predicted octanol–water partition coefficient (Wildman–Crippen LogP) is 4.97. The van der Waals surface area contributed by atoms with Crippen LogP contribution >= 0.6 is 11.3 Å². The topological polar surface area (TPSA) is 80.7 Å². The third-order valence-electron chi connectivity index (χ3n) is 8.00.